The summed E-state index contributed by atoms with van der Waals surface area (Å²) in [7, 11) is 2.10. The lowest BCUT2D eigenvalue weighted by Gasteiger charge is -2.30. The van der Waals surface area contributed by atoms with Gasteiger partial charge in [0.25, 0.3) is 5.56 Å². The molecule has 0 spiro atoms. The molecule has 6 heteroatoms. The van der Waals surface area contributed by atoms with Crippen molar-refractivity contribution in [2.45, 2.75) is 31.8 Å². The lowest BCUT2D eigenvalue weighted by atomic mass is 10.1. The van der Waals surface area contributed by atoms with Crippen LogP contribution in [0.4, 0.5) is 0 Å². The third-order valence-electron chi connectivity index (χ3n) is 6.06. The average Bonchev–Trinajstić information content (AvgIpc) is 3.47. The van der Waals surface area contributed by atoms with Crippen molar-refractivity contribution in [3.63, 3.8) is 0 Å². The van der Waals surface area contributed by atoms with Crippen LogP contribution in [0.1, 0.15) is 43.4 Å². The van der Waals surface area contributed by atoms with Crippen LogP contribution in [0.15, 0.2) is 58.8 Å². The molecule has 1 fully saturated rings. The molecule has 0 amide bonds. The van der Waals surface area contributed by atoms with Gasteiger partial charge in [0.1, 0.15) is 10.7 Å². The van der Waals surface area contributed by atoms with Gasteiger partial charge in [0, 0.05) is 29.9 Å². The molecule has 0 aliphatic carbocycles. The molecular weight excluding hydrogens is 380 g/mol. The van der Waals surface area contributed by atoms with E-state index in [0.717, 1.165) is 41.2 Å². The van der Waals surface area contributed by atoms with Crippen LogP contribution < -0.4 is 5.56 Å². The van der Waals surface area contributed by atoms with Crippen molar-refractivity contribution in [1.82, 2.24) is 19.4 Å². The van der Waals surface area contributed by atoms with Crippen molar-refractivity contribution < 1.29 is 0 Å². The second kappa shape index (κ2) is 7.28. The minimum Gasteiger partial charge on any atom is -0.353 e. The molecule has 4 heterocycles. The Morgan fingerprint density at radius 1 is 1.21 bits per heavy atom. The Kier molecular flexibility index (Phi) is 4.60. The summed E-state index contributed by atoms with van der Waals surface area (Å²) < 4.78 is 2.19. The first-order valence-electron chi connectivity index (χ1n) is 10.1. The van der Waals surface area contributed by atoms with Crippen LogP contribution in [0.5, 0.6) is 0 Å². The second-order valence-corrected chi connectivity index (χ2v) is 8.62. The molecule has 1 aromatic carbocycles. The number of nitrogens with one attached hydrogen (secondary N) is 1. The summed E-state index contributed by atoms with van der Waals surface area (Å²) in [6.45, 7) is 3.16. The summed E-state index contributed by atoms with van der Waals surface area (Å²) in [5, 5.41) is 2.73. The number of aryl methyl sites for hydroxylation is 1. The molecule has 3 aromatic heterocycles. The molecule has 0 radical (unpaired) electrons. The third kappa shape index (κ3) is 3.12. The molecular formula is C23H24N4OS. The quantitative estimate of drug-likeness (QED) is 0.527. The van der Waals surface area contributed by atoms with Crippen molar-refractivity contribution in [1.29, 1.82) is 0 Å². The number of hydrogen-bond donors (Lipinski definition) is 1. The van der Waals surface area contributed by atoms with Crippen LogP contribution in [-0.4, -0.2) is 26.0 Å². The zero-order valence-electron chi connectivity index (χ0n) is 16.6. The molecule has 29 heavy (non-hydrogen) atoms. The van der Waals surface area contributed by atoms with Gasteiger partial charge in [-0.15, -0.1) is 11.3 Å². The number of H-pyrrole nitrogens is 1. The van der Waals surface area contributed by atoms with Crippen LogP contribution in [0, 0.1) is 0 Å². The average molecular weight is 405 g/mol. The zero-order chi connectivity index (χ0) is 20.0. The standard InChI is InChI=1S/C23H24N4OS/c1-15(27-13-7-11-19(27)18-10-6-12-26(18)2)21-24-22(28)20-17(14-29-23(20)25-21)16-8-4-3-5-9-16/h3-6,8-10,12,14-15,19H,7,11,13H2,1-2H3,(H,24,25,28)/t15-,19-/m0/s1. The van der Waals surface area contributed by atoms with E-state index in [9.17, 15) is 4.79 Å². The number of fused-ring (bicyclic) bond motifs is 1. The van der Waals surface area contributed by atoms with Gasteiger partial charge >= 0.3 is 0 Å². The van der Waals surface area contributed by atoms with Gasteiger partial charge in [0.2, 0.25) is 0 Å². The highest BCUT2D eigenvalue weighted by Gasteiger charge is 2.33. The number of thiophene rings is 1. The topological polar surface area (TPSA) is 53.9 Å². The molecule has 4 aromatic rings. The Morgan fingerprint density at radius 3 is 2.79 bits per heavy atom. The van der Waals surface area contributed by atoms with Crippen molar-refractivity contribution in [2.75, 3.05) is 6.54 Å². The van der Waals surface area contributed by atoms with E-state index < -0.39 is 0 Å². The Balaban J connectivity index is 1.52. The van der Waals surface area contributed by atoms with E-state index in [2.05, 4.69) is 46.8 Å². The largest absolute Gasteiger partial charge is 0.353 e. The molecule has 0 bridgehead atoms. The Labute approximate surface area is 173 Å². The highest BCUT2D eigenvalue weighted by Crippen LogP contribution is 2.38. The fraction of sp³-hybridized carbons (Fsp3) is 0.304. The molecule has 1 saturated heterocycles. The molecule has 1 aliphatic rings. The fourth-order valence-electron chi connectivity index (χ4n) is 4.54. The molecule has 5 rings (SSSR count). The highest BCUT2D eigenvalue weighted by molar-refractivity contribution is 7.17. The maximum atomic E-state index is 13.0. The summed E-state index contributed by atoms with van der Waals surface area (Å²) in [5.74, 6) is 0.755. The van der Waals surface area contributed by atoms with Gasteiger partial charge in [-0.1, -0.05) is 30.3 Å². The first-order chi connectivity index (χ1) is 14.1. The Morgan fingerprint density at radius 2 is 2.03 bits per heavy atom. The number of benzene rings is 1. The number of rotatable bonds is 4. The first-order valence-corrected chi connectivity index (χ1v) is 11.0. The first kappa shape index (κ1) is 18.3. The van der Waals surface area contributed by atoms with Gasteiger partial charge in [-0.05, 0) is 44.0 Å². The summed E-state index contributed by atoms with van der Waals surface area (Å²) in [4.78, 5) is 24.3. The smallest absolute Gasteiger partial charge is 0.260 e. The Hall–Kier alpha value is -2.70. The Bertz CT molecular complexity index is 1210. The molecule has 1 aliphatic heterocycles. The van der Waals surface area contributed by atoms with E-state index in [0.29, 0.717) is 11.4 Å². The molecule has 1 N–H and O–H groups in total. The summed E-state index contributed by atoms with van der Waals surface area (Å²) >= 11 is 1.54. The van der Waals surface area contributed by atoms with Crippen LogP contribution in [-0.2, 0) is 7.05 Å². The van der Waals surface area contributed by atoms with Gasteiger partial charge < -0.3 is 9.55 Å². The predicted octanol–water partition coefficient (Wildman–Crippen LogP) is 4.89. The van der Waals surface area contributed by atoms with Crippen molar-refractivity contribution >= 4 is 21.6 Å². The molecule has 5 nitrogen and oxygen atoms in total. The normalized spacial score (nSPS) is 18.5. The van der Waals surface area contributed by atoms with Gasteiger partial charge in [0.05, 0.1) is 17.5 Å². The molecule has 148 valence electrons. The second-order valence-electron chi connectivity index (χ2n) is 7.76. The highest BCUT2D eigenvalue weighted by atomic mass is 32.1. The van der Waals surface area contributed by atoms with Crippen molar-refractivity contribution in [2.24, 2.45) is 7.05 Å². The summed E-state index contributed by atoms with van der Waals surface area (Å²) in [5.41, 5.74) is 3.28. The van der Waals surface area contributed by atoms with E-state index in [-0.39, 0.29) is 11.6 Å². The maximum Gasteiger partial charge on any atom is 0.260 e. The van der Waals surface area contributed by atoms with E-state index in [1.807, 2.05) is 35.7 Å². The number of hydrogen-bond acceptors (Lipinski definition) is 4. The minimum absolute atomic E-state index is 0.0495. The number of nitrogens with zero attached hydrogens (tertiary/aromatic N) is 3. The van der Waals surface area contributed by atoms with E-state index >= 15 is 0 Å². The number of aromatic nitrogens is 3. The lowest BCUT2D eigenvalue weighted by molar-refractivity contribution is 0.181. The summed E-state index contributed by atoms with van der Waals surface area (Å²) in [6.07, 6.45) is 4.38. The lowest BCUT2D eigenvalue weighted by Crippen LogP contribution is -2.30. The molecule has 0 unspecified atom stereocenters. The predicted molar refractivity (Wildman–Crippen MR) is 118 cm³/mol. The van der Waals surface area contributed by atoms with E-state index in [1.54, 1.807) is 11.3 Å². The van der Waals surface area contributed by atoms with Crippen molar-refractivity contribution in [3.05, 3.63) is 75.9 Å². The SMILES string of the molecule is C[C@@H](c1nc2scc(-c3ccccc3)c2c(=O)[nH]1)N1CCC[C@H]1c1cccn1C. The van der Waals surface area contributed by atoms with Gasteiger partial charge in [-0.3, -0.25) is 9.69 Å². The summed E-state index contributed by atoms with van der Waals surface area (Å²) in [6, 6.07) is 14.7. The van der Waals surface area contributed by atoms with Crippen LogP contribution in [0.3, 0.4) is 0 Å². The van der Waals surface area contributed by atoms with Crippen LogP contribution >= 0.6 is 11.3 Å². The molecule has 0 saturated carbocycles. The van der Waals surface area contributed by atoms with E-state index in [1.165, 1.54) is 5.69 Å². The van der Waals surface area contributed by atoms with Gasteiger partial charge in [-0.2, -0.15) is 0 Å². The van der Waals surface area contributed by atoms with Crippen LogP contribution in [0.25, 0.3) is 21.3 Å². The third-order valence-corrected chi connectivity index (χ3v) is 6.93. The zero-order valence-corrected chi connectivity index (χ0v) is 17.4. The van der Waals surface area contributed by atoms with Gasteiger partial charge in [0.15, 0.2) is 0 Å². The number of likely N-dealkylation sites (tertiary alicyclic amines) is 1. The maximum absolute atomic E-state index is 13.0. The van der Waals surface area contributed by atoms with Crippen molar-refractivity contribution in [3.8, 4) is 11.1 Å². The fourth-order valence-corrected chi connectivity index (χ4v) is 5.50. The van der Waals surface area contributed by atoms with E-state index in [4.69, 9.17) is 4.98 Å². The molecule has 2 atom stereocenters. The monoisotopic (exact) mass is 404 g/mol. The minimum atomic E-state index is -0.0495. The number of aromatic amines is 1. The van der Waals surface area contributed by atoms with Crippen LogP contribution in [0.2, 0.25) is 0 Å². The van der Waals surface area contributed by atoms with Gasteiger partial charge in [-0.25, -0.2) is 4.98 Å².